The number of hydrogen-bond donors (Lipinski definition) is 2. The van der Waals surface area contributed by atoms with Gasteiger partial charge in [-0.2, -0.15) is 0 Å². The minimum Gasteiger partial charge on any atom is -0.408 e. The summed E-state index contributed by atoms with van der Waals surface area (Å²) in [6, 6.07) is 7.28. The minimum absolute atomic E-state index is 0.291. The van der Waals surface area contributed by atoms with Gasteiger partial charge >= 0.3 is 5.76 Å². The van der Waals surface area contributed by atoms with Crippen LogP contribution < -0.4 is 11.5 Å². The van der Waals surface area contributed by atoms with Gasteiger partial charge in [0.2, 0.25) is 0 Å². The molecule has 0 aliphatic heterocycles. The fourth-order valence-electron chi connectivity index (χ4n) is 1.98. The van der Waals surface area contributed by atoms with Gasteiger partial charge in [0.15, 0.2) is 5.58 Å². The number of rotatable bonds is 2. The van der Waals surface area contributed by atoms with Gasteiger partial charge in [-0.05, 0) is 31.2 Å². The van der Waals surface area contributed by atoms with Crippen molar-refractivity contribution < 1.29 is 4.42 Å². The van der Waals surface area contributed by atoms with Crippen LogP contribution in [0.5, 0.6) is 0 Å². The first-order valence-electron chi connectivity index (χ1n) is 5.83. The normalized spacial score (nSPS) is 11.1. The van der Waals surface area contributed by atoms with Crippen LogP contribution in [0.4, 0.5) is 0 Å². The van der Waals surface area contributed by atoms with E-state index in [2.05, 4.69) is 15.0 Å². The van der Waals surface area contributed by atoms with Crippen LogP contribution in [0, 0.1) is 6.92 Å². The molecule has 1 aromatic carbocycles. The number of fused-ring (bicyclic) bond motifs is 1. The van der Waals surface area contributed by atoms with E-state index in [-0.39, 0.29) is 0 Å². The lowest BCUT2D eigenvalue weighted by Crippen LogP contribution is -2.05. The Balaban J connectivity index is 2.17. The second-order valence-electron chi connectivity index (χ2n) is 4.24. The van der Waals surface area contributed by atoms with Gasteiger partial charge < -0.3 is 10.2 Å². The average molecular weight is 256 g/mol. The molecule has 0 fully saturated rings. The predicted octanol–water partition coefficient (Wildman–Crippen LogP) is 1.35. The summed E-state index contributed by atoms with van der Waals surface area (Å²) in [5, 5.41) is 0. The van der Waals surface area contributed by atoms with Gasteiger partial charge in [-0.1, -0.05) is 0 Å². The Morgan fingerprint density at radius 1 is 1.32 bits per heavy atom. The zero-order valence-corrected chi connectivity index (χ0v) is 10.3. The van der Waals surface area contributed by atoms with Crippen LogP contribution in [-0.2, 0) is 6.54 Å². The number of benzene rings is 1. The van der Waals surface area contributed by atoms with Crippen LogP contribution in [0.3, 0.4) is 0 Å². The van der Waals surface area contributed by atoms with Crippen molar-refractivity contribution >= 4 is 11.1 Å². The Hall–Kier alpha value is -2.47. The number of H-pyrrole nitrogens is 1. The van der Waals surface area contributed by atoms with Crippen molar-refractivity contribution in [2.75, 3.05) is 0 Å². The fourth-order valence-corrected chi connectivity index (χ4v) is 1.98. The Bertz CT molecular complexity index is 804. The molecule has 6 heteroatoms. The number of nitrogens with two attached hydrogens (primary N) is 1. The minimum atomic E-state index is -0.464. The molecule has 3 aromatic rings. The van der Waals surface area contributed by atoms with Crippen molar-refractivity contribution in [1.29, 1.82) is 0 Å². The van der Waals surface area contributed by atoms with Gasteiger partial charge in [-0.25, -0.2) is 14.8 Å². The van der Waals surface area contributed by atoms with Crippen molar-refractivity contribution in [2.45, 2.75) is 13.5 Å². The fraction of sp³-hybridized carbons (Fsp3) is 0.154. The summed E-state index contributed by atoms with van der Waals surface area (Å²) in [6.07, 6.45) is 0. The average Bonchev–Trinajstić information content (AvgIpc) is 2.76. The standard InChI is InChI=1S/C13H12N4O2/c1-7-4-9(16-12(6-14)15-7)8-2-3-11-10(5-8)17-13(18)19-11/h2-5H,6,14H2,1H3,(H,17,18). The lowest BCUT2D eigenvalue weighted by atomic mass is 10.1. The third-order valence-electron chi connectivity index (χ3n) is 2.80. The summed E-state index contributed by atoms with van der Waals surface area (Å²) in [5.41, 5.74) is 9.25. The number of hydrogen-bond acceptors (Lipinski definition) is 5. The topological polar surface area (TPSA) is 97.8 Å². The van der Waals surface area contributed by atoms with E-state index in [9.17, 15) is 4.79 Å². The van der Waals surface area contributed by atoms with E-state index in [1.807, 2.05) is 25.1 Å². The molecule has 0 amide bonds. The molecule has 3 N–H and O–H groups in total. The van der Waals surface area contributed by atoms with E-state index >= 15 is 0 Å². The highest BCUT2D eigenvalue weighted by Gasteiger charge is 2.07. The number of aromatic nitrogens is 3. The second-order valence-corrected chi connectivity index (χ2v) is 4.24. The third-order valence-corrected chi connectivity index (χ3v) is 2.80. The molecule has 0 aliphatic carbocycles. The number of aryl methyl sites for hydroxylation is 1. The molecule has 0 atom stereocenters. The second kappa shape index (κ2) is 4.33. The quantitative estimate of drug-likeness (QED) is 0.721. The van der Waals surface area contributed by atoms with Gasteiger partial charge in [0.1, 0.15) is 5.82 Å². The highest BCUT2D eigenvalue weighted by molar-refractivity contribution is 5.79. The molecule has 96 valence electrons. The highest BCUT2D eigenvalue weighted by atomic mass is 16.4. The van der Waals surface area contributed by atoms with Crippen LogP contribution in [-0.4, -0.2) is 15.0 Å². The highest BCUT2D eigenvalue weighted by Crippen LogP contribution is 2.21. The first kappa shape index (κ1) is 11.6. The first-order valence-corrected chi connectivity index (χ1v) is 5.83. The number of aromatic amines is 1. The summed E-state index contributed by atoms with van der Waals surface area (Å²) in [7, 11) is 0. The van der Waals surface area contributed by atoms with Gasteiger partial charge in [0, 0.05) is 11.3 Å². The molecule has 2 heterocycles. The van der Waals surface area contributed by atoms with E-state index < -0.39 is 5.76 Å². The number of nitrogens with zero attached hydrogens (tertiary/aromatic N) is 2. The van der Waals surface area contributed by atoms with Crippen LogP contribution >= 0.6 is 0 Å². The summed E-state index contributed by atoms with van der Waals surface area (Å²) in [5.74, 6) is 0.129. The van der Waals surface area contributed by atoms with Crippen LogP contribution in [0.25, 0.3) is 22.4 Å². The van der Waals surface area contributed by atoms with Crippen LogP contribution in [0.1, 0.15) is 11.5 Å². The molecule has 0 bridgehead atoms. The van der Waals surface area contributed by atoms with E-state index in [4.69, 9.17) is 10.2 Å². The summed E-state index contributed by atoms with van der Waals surface area (Å²) in [6.45, 7) is 2.18. The monoisotopic (exact) mass is 256 g/mol. The molecular weight excluding hydrogens is 244 g/mol. The Morgan fingerprint density at radius 2 is 2.16 bits per heavy atom. The largest absolute Gasteiger partial charge is 0.417 e. The van der Waals surface area contributed by atoms with Gasteiger partial charge in [0.25, 0.3) is 0 Å². The van der Waals surface area contributed by atoms with E-state index in [0.29, 0.717) is 23.5 Å². The molecule has 3 rings (SSSR count). The molecule has 0 radical (unpaired) electrons. The lowest BCUT2D eigenvalue weighted by Gasteiger charge is -2.04. The summed E-state index contributed by atoms with van der Waals surface area (Å²) >= 11 is 0. The smallest absolute Gasteiger partial charge is 0.408 e. The van der Waals surface area contributed by atoms with Crippen molar-refractivity contribution in [3.8, 4) is 11.3 Å². The molecule has 0 unspecified atom stereocenters. The molecule has 19 heavy (non-hydrogen) atoms. The van der Waals surface area contributed by atoms with E-state index in [0.717, 1.165) is 17.0 Å². The van der Waals surface area contributed by atoms with Crippen molar-refractivity contribution in [3.05, 3.63) is 46.3 Å². The van der Waals surface area contributed by atoms with Gasteiger partial charge in [-0.15, -0.1) is 0 Å². The third kappa shape index (κ3) is 2.13. The predicted molar refractivity (Wildman–Crippen MR) is 70.5 cm³/mol. The van der Waals surface area contributed by atoms with Crippen molar-refractivity contribution in [3.63, 3.8) is 0 Å². The molecule has 0 aliphatic rings. The zero-order chi connectivity index (χ0) is 13.4. The maximum Gasteiger partial charge on any atom is 0.417 e. The molecule has 0 saturated heterocycles. The molecule has 6 nitrogen and oxygen atoms in total. The first-order chi connectivity index (χ1) is 9.15. The summed E-state index contributed by atoms with van der Waals surface area (Å²) < 4.78 is 4.96. The zero-order valence-electron chi connectivity index (χ0n) is 10.3. The summed E-state index contributed by atoms with van der Waals surface area (Å²) in [4.78, 5) is 22.4. The van der Waals surface area contributed by atoms with Crippen molar-refractivity contribution in [1.82, 2.24) is 15.0 Å². The molecule has 0 saturated carbocycles. The SMILES string of the molecule is Cc1cc(-c2ccc3oc(=O)[nH]c3c2)nc(CN)n1. The van der Waals surface area contributed by atoms with Crippen LogP contribution in [0.2, 0.25) is 0 Å². The molecule has 2 aromatic heterocycles. The Kier molecular flexibility index (Phi) is 2.64. The number of oxazole rings is 1. The lowest BCUT2D eigenvalue weighted by molar-refractivity contribution is 0.555. The molecule has 0 spiro atoms. The Labute approximate surface area is 108 Å². The maximum atomic E-state index is 11.1. The Morgan fingerprint density at radius 3 is 2.95 bits per heavy atom. The van der Waals surface area contributed by atoms with Gasteiger partial charge in [0.05, 0.1) is 17.8 Å². The van der Waals surface area contributed by atoms with Gasteiger partial charge in [-0.3, -0.25) is 4.98 Å². The number of nitrogens with one attached hydrogen (secondary N) is 1. The molecular formula is C13H12N4O2. The van der Waals surface area contributed by atoms with E-state index in [1.165, 1.54) is 0 Å². The van der Waals surface area contributed by atoms with E-state index in [1.54, 1.807) is 6.07 Å². The van der Waals surface area contributed by atoms with Crippen molar-refractivity contribution in [2.24, 2.45) is 5.73 Å². The maximum absolute atomic E-state index is 11.1. The van der Waals surface area contributed by atoms with Crippen LogP contribution in [0.15, 0.2) is 33.5 Å².